The van der Waals surface area contributed by atoms with Crippen molar-refractivity contribution >= 4 is 11.9 Å². The monoisotopic (exact) mass is 387 g/mol. The van der Waals surface area contributed by atoms with E-state index in [1.807, 2.05) is 13.1 Å². The van der Waals surface area contributed by atoms with Crippen molar-refractivity contribution in [1.29, 1.82) is 0 Å². The molecule has 1 saturated carbocycles. The molecule has 2 unspecified atom stereocenters. The van der Waals surface area contributed by atoms with Gasteiger partial charge in [0, 0.05) is 31.6 Å². The summed E-state index contributed by atoms with van der Waals surface area (Å²) in [5, 5.41) is 9.09. The molecule has 1 aliphatic heterocycles. The molecular formula is C22H33N3O3. The lowest BCUT2D eigenvalue weighted by atomic mass is 9.99. The maximum Gasteiger partial charge on any atom is 0.306 e. The molecule has 0 spiro atoms. The zero-order valence-electron chi connectivity index (χ0n) is 16.8. The van der Waals surface area contributed by atoms with Gasteiger partial charge in [-0.25, -0.2) is 0 Å². The number of nitrogens with one attached hydrogen (secondary N) is 2. The lowest BCUT2D eigenvalue weighted by Gasteiger charge is -2.21. The molecule has 0 bridgehead atoms. The maximum absolute atomic E-state index is 12.5. The third-order valence-corrected chi connectivity index (χ3v) is 6.24. The van der Waals surface area contributed by atoms with Crippen LogP contribution in [-0.4, -0.2) is 41.5 Å². The Morgan fingerprint density at radius 2 is 1.79 bits per heavy atom. The van der Waals surface area contributed by atoms with Crippen LogP contribution in [0.3, 0.4) is 0 Å². The van der Waals surface area contributed by atoms with Crippen molar-refractivity contribution in [3.05, 3.63) is 35.9 Å². The van der Waals surface area contributed by atoms with E-state index in [0.29, 0.717) is 31.3 Å². The molecule has 2 fully saturated rings. The van der Waals surface area contributed by atoms with Crippen LogP contribution in [0.1, 0.15) is 63.0 Å². The van der Waals surface area contributed by atoms with Gasteiger partial charge in [0.25, 0.3) is 0 Å². The average Bonchev–Trinajstić information content (AvgIpc) is 3.37. The summed E-state index contributed by atoms with van der Waals surface area (Å²) in [5.74, 6) is -1.08. The normalized spacial score (nSPS) is 27.0. The fraction of sp³-hybridized carbons (Fsp3) is 0.636. The first-order chi connectivity index (χ1) is 13.5. The van der Waals surface area contributed by atoms with Crippen LogP contribution in [0, 0.1) is 11.8 Å². The molecular weight excluding hydrogens is 354 g/mol. The van der Waals surface area contributed by atoms with Gasteiger partial charge in [0.1, 0.15) is 0 Å². The molecule has 3 rings (SSSR count). The summed E-state index contributed by atoms with van der Waals surface area (Å²) in [6.45, 7) is 0.760. The topological polar surface area (TPSA) is 81.7 Å². The predicted octanol–water partition coefficient (Wildman–Crippen LogP) is 3.11. The number of benzene rings is 1. The molecule has 6 nitrogen and oxygen atoms in total. The van der Waals surface area contributed by atoms with Gasteiger partial charge in [0.15, 0.2) is 0 Å². The second-order valence-corrected chi connectivity index (χ2v) is 8.34. The van der Waals surface area contributed by atoms with E-state index < -0.39 is 5.97 Å². The fourth-order valence-corrected chi connectivity index (χ4v) is 4.48. The summed E-state index contributed by atoms with van der Waals surface area (Å²) in [4.78, 5) is 25.3. The molecule has 1 aromatic rings. The summed E-state index contributed by atoms with van der Waals surface area (Å²) in [6, 6.07) is 11.4. The second-order valence-electron chi connectivity index (χ2n) is 8.34. The van der Waals surface area contributed by atoms with Crippen LogP contribution < -0.4 is 10.9 Å². The predicted molar refractivity (Wildman–Crippen MR) is 108 cm³/mol. The van der Waals surface area contributed by atoms with Gasteiger partial charge in [0.2, 0.25) is 5.91 Å². The molecule has 0 radical (unpaired) electrons. The van der Waals surface area contributed by atoms with E-state index in [9.17, 15) is 9.59 Å². The lowest BCUT2D eigenvalue weighted by molar-refractivity contribution is -0.141. The molecule has 1 aliphatic carbocycles. The van der Waals surface area contributed by atoms with Crippen LogP contribution in [0.15, 0.2) is 30.3 Å². The number of carbonyl (C=O) groups is 2. The molecule has 28 heavy (non-hydrogen) atoms. The number of carbonyl (C=O) groups excluding carboxylic acids is 1. The first-order valence-electron chi connectivity index (χ1n) is 10.6. The largest absolute Gasteiger partial charge is 0.481 e. The summed E-state index contributed by atoms with van der Waals surface area (Å²) in [5.41, 5.74) is 8.13. The number of aliphatic carboxylic acids is 1. The van der Waals surface area contributed by atoms with Crippen LogP contribution in [0.2, 0.25) is 0 Å². The summed E-state index contributed by atoms with van der Waals surface area (Å²) < 4.78 is 0. The van der Waals surface area contributed by atoms with Crippen LogP contribution in [0.25, 0.3) is 0 Å². The van der Waals surface area contributed by atoms with Crippen molar-refractivity contribution in [2.24, 2.45) is 11.8 Å². The number of carboxylic acids is 1. The average molecular weight is 388 g/mol. The molecule has 0 aromatic heterocycles. The Labute approximate surface area is 167 Å². The number of hydrogen-bond acceptors (Lipinski definition) is 4. The molecule has 1 heterocycles. The zero-order valence-corrected chi connectivity index (χ0v) is 16.8. The third kappa shape index (κ3) is 5.55. The summed E-state index contributed by atoms with van der Waals surface area (Å²) in [7, 11) is 1.85. The highest BCUT2D eigenvalue weighted by Gasteiger charge is 2.35. The SMILES string of the molecule is CN(CCCCCC1CC(c2ccccc2)NN1)C(=O)[C@@H]1CC[C@H](C(=O)O)C1. The number of hydrogen-bond donors (Lipinski definition) is 3. The molecule has 3 N–H and O–H groups in total. The first kappa shape index (κ1) is 20.8. The van der Waals surface area contributed by atoms with E-state index in [0.717, 1.165) is 38.6 Å². The zero-order chi connectivity index (χ0) is 19.9. The highest BCUT2D eigenvalue weighted by Crippen LogP contribution is 2.32. The van der Waals surface area contributed by atoms with Crippen molar-refractivity contribution < 1.29 is 14.7 Å². The van der Waals surface area contributed by atoms with E-state index in [1.165, 1.54) is 5.56 Å². The van der Waals surface area contributed by atoms with E-state index in [4.69, 9.17) is 5.11 Å². The summed E-state index contributed by atoms with van der Waals surface area (Å²) in [6.07, 6.45) is 7.34. The van der Waals surface area contributed by atoms with Crippen LogP contribution >= 0.6 is 0 Å². The van der Waals surface area contributed by atoms with Crippen molar-refractivity contribution in [3.8, 4) is 0 Å². The molecule has 154 valence electrons. The Morgan fingerprint density at radius 3 is 2.50 bits per heavy atom. The molecule has 1 amide bonds. The van der Waals surface area contributed by atoms with Gasteiger partial charge in [-0.05, 0) is 44.1 Å². The van der Waals surface area contributed by atoms with E-state index in [2.05, 4.69) is 35.1 Å². The summed E-state index contributed by atoms with van der Waals surface area (Å²) >= 11 is 0. The van der Waals surface area contributed by atoms with Gasteiger partial charge in [-0.2, -0.15) is 0 Å². The van der Waals surface area contributed by atoms with Gasteiger partial charge in [-0.1, -0.05) is 43.2 Å². The van der Waals surface area contributed by atoms with Crippen molar-refractivity contribution in [2.45, 2.75) is 63.5 Å². The van der Waals surface area contributed by atoms with Gasteiger partial charge in [-0.3, -0.25) is 20.4 Å². The molecule has 4 atom stereocenters. The standard InChI is InChI=1S/C22H33N3O3/c1-25(21(26)17-11-12-18(14-17)22(27)28)13-7-3-6-10-19-15-20(24-23-19)16-8-4-2-5-9-16/h2,4-5,8-9,17-20,23-24H,3,6-7,10-15H2,1H3,(H,27,28)/t17-,18+,19?,20?/m1/s1. The Bertz CT molecular complexity index is 652. The molecule has 1 aromatic carbocycles. The number of carboxylic acid groups (broad SMARTS) is 1. The minimum Gasteiger partial charge on any atom is -0.481 e. The van der Waals surface area contributed by atoms with Crippen LogP contribution in [0.4, 0.5) is 0 Å². The van der Waals surface area contributed by atoms with E-state index in [1.54, 1.807) is 4.90 Å². The van der Waals surface area contributed by atoms with Gasteiger partial charge < -0.3 is 10.0 Å². The lowest BCUT2D eigenvalue weighted by Crippen LogP contribution is -2.33. The number of amides is 1. The second kappa shape index (κ2) is 10.0. The fourth-order valence-electron chi connectivity index (χ4n) is 4.48. The highest BCUT2D eigenvalue weighted by molar-refractivity contribution is 5.80. The number of nitrogens with zero attached hydrogens (tertiary/aromatic N) is 1. The van der Waals surface area contributed by atoms with Crippen LogP contribution in [-0.2, 0) is 9.59 Å². The minimum absolute atomic E-state index is 0.102. The van der Waals surface area contributed by atoms with E-state index >= 15 is 0 Å². The molecule has 1 saturated heterocycles. The first-order valence-corrected chi connectivity index (χ1v) is 10.6. The van der Waals surface area contributed by atoms with Crippen molar-refractivity contribution in [1.82, 2.24) is 15.8 Å². The maximum atomic E-state index is 12.5. The van der Waals surface area contributed by atoms with E-state index in [-0.39, 0.29) is 17.7 Å². The minimum atomic E-state index is -0.762. The highest BCUT2D eigenvalue weighted by atomic mass is 16.4. The Kier molecular flexibility index (Phi) is 7.45. The smallest absolute Gasteiger partial charge is 0.306 e. The number of hydrazine groups is 1. The quantitative estimate of drug-likeness (QED) is 0.567. The third-order valence-electron chi connectivity index (χ3n) is 6.24. The van der Waals surface area contributed by atoms with Gasteiger partial charge in [-0.15, -0.1) is 0 Å². The van der Waals surface area contributed by atoms with Gasteiger partial charge in [0.05, 0.1) is 5.92 Å². The van der Waals surface area contributed by atoms with Crippen molar-refractivity contribution in [3.63, 3.8) is 0 Å². The Balaban J connectivity index is 1.28. The van der Waals surface area contributed by atoms with Crippen LogP contribution in [0.5, 0.6) is 0 Å². The number of rotatable bonds is 9. The Morgan fingerprint density at radius 1 is 1.04 bits per heavy atom. The van der Waals surface area contributed by atoms with Crippen molar-refractivity contribution in [2.75, 3.05) is 13.6 Å². The van der Waals surface area contributed by atoms with Gasteiger partial charge >= 0.3 is 5.97 Å². The molecule has 2 aliphatic rings. The number of unbranched alkanes of at least 4 members (excludes halogenated alkanes) is 2. The Hall–Kier alpha value is -1.92. The molecule has 6 heteroatoms.